The maximum Gasteiger partial charge on any atom is 0.316 e. The van der Waals surface area contributed by atoms with Gasteiger partial charge in [-0.15, -0.1) is 0 Å². The smallest absolute Gasteiger partial charge is 0.316 e. The summed E-state index contributed by atoms with van der Waals surface area (Å²) in [6.45, 7) is 6.26. The molecule has 4 aromatic carbocycles. The van der Waals surface area contributed by atoms with E-state index in [0.29, 0.717) is 34.4 Å². The van der Waals surface area contributed by atoms with Crippen LogP contribution in [0.15, 0.2) is 72.8 Å². The van der Waals surface area contributed by atoms with Crippen LogP contribution in [0.5, 0.6) is 23.0 Å². The summed E-state index contributed by atoms with van der Waals surface area (Å²) >= 11 is 5.85. The highest BCUT2D eigenvalue weighted by Gasteiger charge is 2.23. The van der Waals surface area contributed by atoms with Crippen molar-refractivity contribution in [2.75, 3.05) is 11.9 Å². The number of anilines is 1. The summed E-state index contributed by atoms with van der Waals surface area (Å²) in [5, 5.41) is 26.0. The number of unbranched alkanes of at least 4 members (excludes halogenated alkanes) is 11. The average Bonchev–Trinajstić information content (AvgIpc) is 3.14. The lowest BCUT2D eigenvalue weighted by Gasteiger charge is -2.25. The van der Waals surface area contributed by atoms with Crippen LogP contribution >= 0.6 is 11.6 Å². The molecular formula is C42H52ClN3O7. The maximum absolute atomic E-state index is 13.8. The number of nitrogens with one attached hydrogen (secondary N) is 1. The largest absolute Gasteiger partial charge is 0.506 e. The molecule has 284 valence electrons. The highest BCUT2D eigenvalue weighted by atomic mass is 35.5. The fourth-order valence-corrected chi connectivity index (χ4v) is 6.50. The second-order valence-corrected chi connectivity index (χ2v) is 14.0. The Balaban J connectivity index is 1.46. The van der Waals surface area contributed by atoms with Crippen LogP contribution in [0.3, 0.4) is 0 Å². The predicted molar refractivity (Wildman–Crippen MR) is 212 cm³/mol. The van der Waals surface area contributed by atoms with E-state index in [4.69, 9.17) is 21.1 Å². The van der Waals surface area contributed by atoms with E-state index in [2.05, 4.69) is 12.2 Å². The molecule has 0 fully saturated rings. The molecule has 0 heterocycles. The maximum atomic E-state index is 13.8. The number of benzene rings is 4. The molecule has 2 N–H and O–H groups in total. The number of hydrogen-bond donors (Lipinski definition) is 2. The number of rotatable bonds is 22. The van der Waals surface area contributed by atoms with Gasteiger partial charge in [0, 0.05) is 34.5 Å². The molecule has 0 saturated carbocycles. The zero-order chi connectivity index (χ0) is 38.2. The number of carbonyl (C=O) groups excluding carboxylic acids is 2. The third-order valence-electron chi connectivity index (χ3n) is 9.28. The monoisotopic (exact) mass is 745 g/mol. The molecule has 0 aliphatic heterocycles. The number of amides is 2. The van der Waals surface area contributed by atoms with Crippen molar-refractivity contribution in [3.8, 4) is 23.0 Å². The molecule has 0 aliphatic rings. The van der Waals surface area contributed by atoms with Gasteiger partial charge >= 0.3 is 5.37 Å². The molecule has 11 heteroatoms. The number of carbonyl (C=O) groups is 2. The van der Waals surface area contributed by atoms with Crippen LogP contribution in [-0.4, -0.2) is 38.9 Å². The Kier molecular flexibility index (Phi) is 16.2. The highest BCUT2D eigenvalue weighted by molar-refractivity contribution is 6.62. The van der Waals surface area contributed by atoms with Gasteiger partial charge in [0.2, 0.25) is 0 Å². The van der Waals surface area contributed by atoms with Crippen LogP contribution in [0.4, 0.5) is 16.2 Å². The summed E-state index contributed by atoms with van der Waals surface area (Å²) < 4.78 is 12.4. The van der Waals surface area contributed by atoms with Gasteiger partial charge < -0.3 is 24.8 Å². The number of nitro benzene ring substituents is 1. The molecule has 0 aliphatic carbocycles. The Hall–Kier alpha value is -4.83. The molecule has 2 amide bonds. The number of ether oxygens (including phenoxy) is 2. The molecule has 0 radical (unpaired) electrons. The normalized spacial score (nSPS) is 11.1. The first kappa shape index (κ1) is 40.9. The number of non-ortho nitro benzene ring substituents is 1. The Morgan fingerprint density at radius 2 is 1.42 bits per heavy atom. The molecule has 0 spiro atoms. The van der Waals surface area contributed by atoms with Gasteiger partial charge in [0.1, 0.15) is 23.0 Å². The summed E-state index contributed by atoms with van der Waals surface area (Å²) in [6.07, 6.45) is 15.0. The molecule has 4 aromatic rings. The molecule has 0 bridgehead atoms. The molecule has 0 unspecified atom stereocenters. The second-order valence-electron chi connectivity index (χ2n) is 13.6. The van der Waals surface area contributed by atoms with Gasteiger partial charge in [0.25, 0.3) is 11.6 Å². The lowest BCUT2D eigenvalue weighted by molar-refractivity contribution is -0.384. The van der Waals surface area contributed by atoms with Crippen molar-refractivity contribution in [3.05, 3.63) is 94.0 Å². The number of phenols is 1. The van der Waals surface area contributed by atoms with Crippen molar-refractivity contribution in [2.24, 2.45) is 0 Å². The van der Waals surface area contributed by atoms with Crippen molar-refractivity contribution in [2.45, 2.75) is 110 Å². The third-order valence-corrected chi connectivity index (χ3v) is 9.50. The summed E-state index contributed by atoms with van der Waals surface area (Å²) in [4.78, 5) is 38.4. The lowest BCUT2D eigenvalue weighted by Crippen LogP contribution is -2.32. The first-order valence-corrected chi connectivity index (χ1v) is 19.2. The fourth-order valence-electron chi connectivity index (χ4n) is 6.25. The molecule has 0 saturated heterocycles. The van der Waals surface area contributed by atoms with Crippen molar-refractivity contribution < 1.29 is 29.1 Å². The Labute approximate surface area is 317 Å². The van der Waals surface area contributed by atoms with Gasteiger partial charge in [0.05, 0.1) is 29.3 Å². The Morgan fingerprint density at radius 3 is 2.04 bits per heavy atom. The van der Waals surface area contributed by atoms with E-state index >= 15 is 0 Å². The van der Waals surface area contributed by atoms with Crippen molar-refractivity contribution in [1.82, 2.24) is 4.90 Å². The molecule has 4 rings (SSSR count). The van der Waals surface area contributed by atoms with Crippen molar-refractivity contribution in [1.29, 1.82) is 0 Å². The minimum Gasteiger partial charge on any atom is -0.506 e. The quantitative estimate of drug-likeness (QED) is 0.0269. The second kappa shape index (κ2) is 21.0. The fraction of sp³-hybridized carbons (Fsp3) is 0.429. The van der Waals surface area contributed by atoms with Crippen molar-refractivity contribution >= 4 is 45.0 Å². The van der Waals surface area contributed by atoms with Crippen LogP contribution in [0.2, 0.25) is 0 Å². The number of fused-ring (bicyclic) bond motifs is 1. The van der Waals surface area contributed by atoms with E-state index in [1.54, 1.807) is 56.3 Å². The van der Waals surface area contributed by atoms with E-state index in [0.717, 1.165) is 12.8 Å². The minimum absolute atomic E-state index is 0.0438. The van der Waals surface area contributed by atoms with E-state index < -0.39 is 16.2 Å². The van der Waals surface area contributed by atoms with Crippen molar-refractivity contribution in [3.63, 3.8) is 0 Å². The molecular weight excluding hydrogens is 694 g/mol. The van der Waals surface area contributed by atoms with Crippen LogP contribution in [0.25, 0.3) is 10.8 Å². The van der Waals surface area contributed by atoms with Gasteiger partial charge in [-0.1, -0.05) is 114 Å². The first-order valence-electron chi connectivity index (χ1n) is 18.8. The van der Waals surface area contributed by atoms with Crippen LogP contribution < -0.4 is 14.8 Å². The number of halogens is 1. The van der Waals surface area contributed by atoms with Gasteiger partial charge in [-0.3, -0.25) is 19.7 Å². The zero-order valence-corrected chi connectivity index (χ0v) is 31.8. The minimum atomic E-state index is -0.718. The van der Waals surface area contributed by atoms with Gasteiger partial charge in [0.15, 0.2) is 0 Å². The van der Waals surface area contributed by atoms with Crippen LogP contribution in [-0.2, 0) is 6.54 Å². The van der Waals surface area contributed by atoms with Crippen LogP contribution in [0, 0.1) is 10.1 Å². The average molecular weight is 746 g/mol. The van der Waals surface area contributed by atoms with Gasteiger partial charge in [-0.2, -0.15) is 0 Å². The van der Waals surface area contributed by atoms with Gasteiger partial charge in [-0.25, -0.2) is 0 Å². The van der Waals surface area contributed by atoms with Gasteiger partial charge in [-0.05, 0) is 56.1 Å². The van der Waals surface area contributed by atoms with E-state index in [-0.39, 0.29) is 41.1 Å². The summed E-state index contributed by atoms with van der Waals surface area (Å²) in [5.74, 6) is 0.159. The van der Waals surface area contributed by atoms with Crippen LogP contribution in [0.1, 0.15) is 114 Å². The Bertz CT molecular complexity index is 1830. The number of nitro groups is 1. The summed E-state index contributed by atoms with van der Waals surface area (Å²) in [6, 6.07) is 19.3. The number of phenolic OH excluding ortho intramolecular Hbond substituents is 1. The predicted octanol–water partition coefficient (Wildman–Crippen LogP) is 12.1. The Morgan fingerprint density at radius 1 is 0.811 bits per heavy atom. The van der Waals surface area contributed by atoms with E-state index in [1.807, 2.05) is 6.07 Å². The first-order chi connectivity index (χ1) is 25.6. The molecule has 10 nitrogen and oxygen atoms in total. The summed E-state index contributed by atoms with van der Waals surface area (Å²) in [7, 11) is 0. The molecule has 53 heavy (non-hydrogen) atoms. The lowest BCUT2D eigenvalue weighted by atomic mass is 10.0. The highest BCUT2D eigenvalue weighted by Crippen LogP contribution is 2.40. The third kappa shape index (κ3) is 12.1. The van der Waals surface area contributed by atoms with E-state index in [9.17, 15) is 24.8 Å². The standard InChI is InChI=1S/C42H52ClN3O7/c1-4-5-6-7-8-9-10-11-12-13-14-19-26-52-38-23-18-17-22-36(38)44-41(48)35-28-39(33-20-15-16-21-34(33)40(35)47)53-37-25-24-32(46(50)51)27-31(37)29-45(30(2)3)42(43)49/h15-18,20-25,27-28,30,47H,4-14,19,26,29H2,1-3H3,(H,44,48). The number of aromatic hydroxyl groups is 1. The summed E-state index contributed by atoms with van der Waals surface area (Å²) in [5.41, 5.74) is 0.569. The van der Waals surface area contributed by atoms with E-state index in [1.165, 1.54) is 93.4 Å². The molecule has 0 atom stereocenters. The number of nitrogens with zero attached hydrogens (tertiary/aromatic N) is 2. The SMILES string of the molecule is CCCCCCCCCCCCCCOc1ccccc1NC(=O)c1cc(Oc2ccc([N+](=O)[O-])cc2CN(C(=O)Cl)C(C)C)c2ccccc2c1O. The molecule has 0 aromatic heterocycles. The zero-order valence-electron chi connectivity index (χ0n) is 31.1. The number of hydrogen-bond acceptors (Lipinski definition) is 7. The topological polar surface area (TPSA) is 131 Å². The number of para-hydroxylation sites is 2.